The number of methoxy groups -OCH3 is 1. The van der Waals surface area contributed by atoms with Gasteiger partial charge in [0.1, 0.15) is 0 Å². The zero-order chi connectivity index (χ0) is 14.3. The molecule has 1 aliphatic rings. The van der Waals surface area contributed by atoms with E-state index in [-0.39, 0.29) is 24.8 Å². The summed E-state index contributed by atoms with van der Waals surface area (Å²) in [6.07, 6.45) is 0.377. The standard InChI is InChI=1S/C12H19N3O4/c1-19-6-5-14(4-2-3-13)12(18)15-8-10(9-15)7-11(16)17/h10H,2,4-9H2,1H3,(H,16,17). The molecule has 0 bridgehead atoms. The predicted molar refractivity (Wildman–Crippen MR) is 66.4 cm³/mol. The maximum Gasteiger partial charge on any atom is 0.320 e. The molecule has 1 aliphatic heterocycles. The molecule has 0 unspecified atom stereocenters. The largest absolute Gasteiger partial charge is 0.481 e. The highest BCUT2D eigenvalue weighted by Gasteiger charge is 2.34. The van der Waals surface area contributed by atoms with Crippen molar-refractivity contribution >= 4 is 12.0 Å². The molecule has 2 amide bonds. The number of carbonyl (C=O) groups is 2. The Labute approximate surface area is 112 Å². The van der Waals surface area contributed by atoms with Crippen molar-refractivity contribution in [1.82, 2.24) is 9.80 Å². The van der Waals surface area contributed by atoms with E-state index in [0.717, 1.165) is 0 Å². The van der Waals surface area contributed by atoms with Crippen LogP contribution in [0.5, 0.6) is 0 Å². The highest BCUT2D eigenvalue weighted by Crippen LogP contribution is 2.20. The molecule has 0 aromatic carbocycles. The number of rotatable bonds is 7. The van der Waals surface area contributed by atoms with Gasteiger partial charge in [-0.15, -0.1) is 0 Å². The summed E-state index contributed by atoms with van der Waals surface area (Å²) in [6.45, 7) is 2.18. The number of hydrogen-bond donors (Lipinski definition) is 1. The van der Waals surface area contributed by atoms with Crippen molar-refractivity contribution in [2.24, 2.45) is 5.92 Å². The molecule has 0 aliphatic carbocycles. The van der Waals surface area contributed by atoms with E-state index in [9.17, 15) is 9.59 Å². The quantitative estimate of drug-likeness (QED) is 0.721. The lowest BCUT2D eigenvalue weighted by molar-refractivity contribution is -0.139. The summed E-state index contributed by atoms with van der Waals surface area (Å²) < 4.78 is 4.93. The second-order valence-corrected chi connectivity index (χ2v) is 4.54. The average molecular weight is 269 g/mol. The fourth-order valence-corrected chi connectivity index (χ4v) is 1.99. The maximum atomic E-state index is 12.1. The SMILES string of the molecule is COCCN(CCC#N)C(=O)N1CC(CC(=O)O)C1. The Morgan fingerprint density at radius 2 is 2.16 bits per heavy atom. The summed E-state index contributed by atoms with van der Waals surface area (Å²) in [5, 5.41) is 17.2. The van der Waals surface area contributed by atoms with Gasteiger partial charge in [0.05, 0.1) is 25.5 Å². The van der Waals surface area contributed by atoms with Crippen molar-refractivity contribution in [1.29, 1.82) is 5.26 Å². The van der Waals surface area contributed by atoms with Crippen LogP contribution in [0, 0.1) is 17.2 Å². The topological polar surface area (TPSA) is 93.9 Å². The van der Waals surface area contributed by atoms with Crippen molar-refractivity contribution in [3.63, 3.8) is 0 Å². The van der Waals surface area contributed by atoms with Crippen molar-refractivity contribution in [2.75, 3.05) is 39.9 Å². The van der Waals surface area contributed by atoms with E-state index in [1.807, 2.05) is 6.07 Å². The van der Waals surface area contributed by atoms with Gasteiger partial charge in [0.15, 0.2) is 0 Å². The predicted octanol–water partition coefficient (Wildman–Crippen LogP) is 0.375. The number of urea groups is 1. The van der Waals surface area contributed by atoms with Crippen LogP contribution in [0.3, 0.4) is 0 Å². The Kier molecular flexibility index (Phi) is 6.09. The third-order valence-corrected chi connectivity index (χ3v) is 3.02. The van der Waals surface area contributed by atoms with E-state index in [2.05, 4.69) is 0 Å². The normalized spacial score (nSPS) is 14.6. The van der Waals surface area contributed by atoms with Gasteiger partial charge in [-0.05, 0) is 0 Å². The zero-order valence-corrected chi connectivity index (χ0v) is 11.0. The number of nitrogens with zero attached hydrogens (tertiary/aromatic N) is 3. The van der Waals surface area contributed by atoms with Gasteiger partial charge in [0.25, 0.3) is 0 Å². The molecule has 1 heterocycles. The Balaban J connectivity index is 2.40. The summed E-state index contributed by atoms with van der Waals surface area (Å²) in [7, 11) is 1.56. The second-order valence-electron chi connectivity index (χ2n) is 4.54. The van der Waals surface area contributed by atoms with Gasteiger partial charge in [-0.3, -0.25) is 4.79 Å². The number of carboxylic acid groups (broad SMARTS) is 1. The minimum Gasteiger partial charge on any atom is -0.481 e. The Morgan fingerprint density at radius 1 is 1.47 bits per heavy atom. The Morgan fingerprint density at radius 3 is 2.68 bits per heavy atom. The second kappa shape index (κ2) is 7.59. The summed E-state index contributed by atoms with van der Waals surface area (Å²) >= 11 is 0. The fraction of sp³-hybridized carbons (Fsp3) is 0.750. The first-order valence-electron chi connectivity index (χ1n) is 6.20. The first kappa shape index (κ1) is 15.2. The number of ether oxygens (including phenoxy) is 1. The molecule has 7 nitrogen and oxygen atoms in total. The number of amides is 2. The number of carbonyl (C=O) groups excluding carboxylic acids is 1. The van der Waals surface area contributed by atoms with Crippen LogP contribution in [0.25, 0.3) is 0 Å². The van der Waals surface area contributed by atoms with Crippen LogP contribution >= 0.6 is 0 Å². The first-order valence-corrected chi connectivity index (χ1v) is 6.20. The van der Waals surface area contributed by atoms with Gasteiger partial charge in [0, 0.05) is 39.2 Å². The van der Waals surface area contributed by atoms with E-state index in [1.54, 1.807) is 16.9 Å². The average Bonchev–Trinajstić information content (AvgIpc) is 2.32. The number of carboxylic acids is 1. The lowest BCUT2D eigenvalue weighted by atomic mass is 9.97. The Hall–Kier alpha value is -1.81. The highest BCUT2D eigenvalue weighted by atomic mass is 16.5. The molecule has 0 aromatic rings. The number of hydrogen-bond acceptors (Lipinski definition) is 4. The molecule has 1 saturated heterocycles. The van der Waals surface area contributed by atoms with Crippen LogP contribution < -0.4 is 0 Å². The molecule has 0 radical (unpaired) electrons. The molecule has 1 fully saturated rings. The lowest BCUT2D eigenvalue weighted by Crippen LogP contribution is -2.55. The van der Waals surface area contributed by atoms with E-state index >= 15 is 0 Å². The Bertz CT molecular complexity index is 360. The van der Waals surface area contributed by atoms with Gasteiger partial charge < -0.3 is 19.6 Å². The van der Waals surface area contributed by atoms with E-state index in [0.29, 0.717) is 32.8 Å². The first-order chi connectivity index (χ1) is 9.08. The van der Waals surface area contributed by atoms with Crippen molar-refractivity contribution in [3.05, 3.63) is 0 Å². The van der Waals surface area contributed by atoms with E-state index < -0.39 is 5.97 Å². The number of nitriles is 1. The van der Waals surface area contributed by atoms with Gasteiger partial charge in [-0.25, -0.2) is 4.79 Å². The molecular weight excluding hydrogens is 250 g/mol. The highest BCUT2D eigenvalue weighted by molar-refractivity contribution is 5.76. The van der Waals surface area contributed by atoms with Crippen molar-refractivity contribution < 1.29 is 19.4 Å². The molecular formula is C12H19N3O4. The molecule has 106 valence electrons. The molecule has 7 heteroatoms. The maximum absolute atomic E-state index is 12.1. The van der Waals surface area contributed by atoms with Crippen molar-refractivity contribution in [2.45, 2.75) is 12.8 Å². The minimum atomic E-state index is -0.835. The molecule has 19 heavy (non-hydrogen) atoms. The van der Waals surface area contributed by atoms with Gasteiger partial charge in [-0.1, -0.05) is 0 Å². The van der Waals surface area contributed by atoms with Gasteiger partial charge >= 0.3 is 12.0 Å². The van der Waals surface area contributed by atoms with Gasteiger partial charge in [0.2, 0.25) is 0 Å². The molecule has 0 atom stereocenters. The lowest BCUT2D eigenvalue weighted by Gasteiger charge is -2.41. The van der Waals surface area contributed by atoms with E-state index in [4.69, 9.17) is 15.1 Å². The minimum absolute atomic E-state index is 0.0432. The molecule has 0 spiro atoms. The summed E-state index contributed by atoms with van der Waals surface area (Å²) in [5.74, 6) is -0.792. The summed E-state index contributed by atoms with van der Waals surface area (Å²) in [4.78, 5) is 25.8. The summed E-state index contributed by atoms with van der Waals surface area (Å²) in [6, 6.07) is 1.86. The van der Waals surface area contributed by atoms with Gasteiger partial charge in [-0.2, -0.15) is 5.26 Å². The third kappa shape index (κ3) is 4.75. The van der Waals surface area contributed by atoms with Crippen LogP contribution in [-0.2, 0) is 9.53 Å². The molecule has 1 rings (SSSR count). The van der Waals surface area contributed by atoms with Crippen LogP contribution in [0.15, 0.2) is 0 Å². The smallest absolute Gasteiger partial charge is 0.320 e. The van der Waals surface area contributed by atoms with Crippen molar-refractivity contribution in [3.8, 4) is 6.07 Å². The molecule has 0 saturated carbocycles. The van der Waals surface area contributed by atoms with Crippen LogP contribution in [0.2, 0.25) is 0 Å². The molecule has 1 N–H and O–H groups in total. The van der Waals surface area contributed by atoms with Crippen LogP contribution in [-0.4, -0.2) is 66.8 Å². The fourth-order valence-electron chi connectivity index (χ4n) is 1.99. The number of aliphatic carboxylic acids is 1. The zero-order valence-electron chi connectivity index (χ0n) is 11.0. The monoisotopic (exact) mass is 269 g/mol. The van der Waals surface area contributed by atoms with E-state index in [1.165, 1.54) is 0 Å². The molecule has 0 aromatic heterocycles. The van der Waals surface area contributed by atoms with Crippen LogP contribution in [0.1, 0.15) is 12.8 Å². The van der Waals surface area contributed by atoms with Crippen LogP contribution in [0.4, 0.5) is 4.79 Å². The number of likely N-dealkylation sites (tertiary alicyclic amines) is 1. The summed E-state index contributed by atoms with van der Waals surface area (Å²) in [5.41, 5.74) is 0. The third-order valence-electron chi connectivity index (χ3n) is 3.02.